The first kappa shape index (κ1) is 20.8. The van der Waals surface area contributed by atoms with Crippen LogP contribution in [0.15, 0.2) is 55.0 Å². The van der Waals surface area contributed by atoms with E-state index in [2.05, 4.69) is 19.9 Å². The molecule has 4 rings (SSSR count). The molecule has 0 spiro atoms. The Bertz CT molecular complexity index is 1330. The first-order chi connectivity index (χ1) is 15.4. The van der Waals surface area contributed by atoms with Crippen LogP contribution in [0, 0.1) is 24.1 Å². The van der Waals surface area contributed by atoms with Crippen LogP contribution in [0.4, 0.5) is 10.2 Å². The molecule has 0 bridgehead atoms. The highest BCUT2D eigenvalue weighted by Crippen LogP contribution is 2.23. The lowest BCUT2D eigenvalue weighted by molar-refractivity contribution is 0.0718. The molecule has 0 atom stereocenters. The highest BCUT2D eigenvalue weighted by atomic mass is 19.1. The highest BCUT2D eigenvalue weighted by Gasteiger charge is 2.22. The molecule has 0 saturated carbocycles. The van der Waals surface area contributed by atoms with Crippen molar-refractivity contribution < 1.29 is 9.18 Å². The molecule has 32 heavy (non-hydrogen) atoms. The Hall–Kier alpha value is -4.45. The second-order valence-electron chi connectivity index (χ2n) is 7.19. The molecular weight excluding hydrogens is 409 g/mol. The summed E-state index contributed by atoms with van der Waals surface area (Å²) in [6.45, 7) is 1.93. The maximum Gasteiger partial charge on any atom is 0.257 e. The van der Waals surface area contributed by atoms with E-state index in [0.717, 1.165) is 5.56 Å². The zero-order valence-electron chi connectivity index (χ0n) is 17.2. The van der Waals surface area contributed by atoms with E-state index in [1.807, 2.05) is 6.07 Å². The number of fused-ring (bicyclic) bond motifs is 1. The molecular formula is C23H18FN7O. The van der Waals surface area contributed by atoms with Gasteiger partial charge in [0.2, 0.25) is 0 Å². The summed E-state index contributed by atoms with van der Waals surface area (Å²) in [5.41, 5.74) is 7.77. The molecule has 3 heterocycles. The number of rotatable bonds is 5. The van der Waals surface area contributed by atoms with Crippen molar-refractivity contribution in [2.75, 3.05) is 5.73 Å². The van der Waals surface area contributed by atoms with Gasteiger partial charge < -0.3 is 10.6 Å². The van der Waals surface area contributed by atoms with Gasteiger partial charge in [-0.3, -0.25) is 9.78 Å². The SMILES string of the molecule is Cc1cc2cc(C(=O)N(Cc3ccc(C#N)cn3)Cc3ncccn3)c(F)cc2nc1N. The number of carbonyl (C=O) groups is 1. The minimum absolute atomic E-state index is 0.0534. The van der Waals surface area contributed by atoms with E-state index in [4.69, 9.17) is 11.0 Å². The van der Waals surface area contributed by atoms with Crippen molar-refractivity contribution in [1.29, 1.82) is 5.26 Å². The number of pyridine rings is 2. The molecule has 0 aliphatic carbocycles. The van der Waals surface area contributed by atoms with Crippen LogP contribution in [-0.4, -0.2) is 30.7 Å². The van der Waals surface area contributed by atoms with Crippen molar-refractivity contribution >= 4 is 22.6 Å². The first-order valence-electron chi connectivity index (χ1n) is 9.71. The van der Waals surface area contributed by atoms with Gasteiger partial charge in [0.1, 0.15) is 23.5 Å². The Labute approximate surface area is 183 Å². The van der Waals surface area contributed by atoms with E-state index in [9.17, 15) is 9.18 Å². The Morgan fingerprint density at radius 3 is 2.62 bits per heavy atom. The molecule has 2 N–H and O–H groups in total. The van der Waals surface area contributed by atoms with Crippen LogP contribution in [-0.2, 0) is 13.1 Å². The van der Waals surface area contributed by atoms with E-state index in [1.165, 1.54) is 23.2 Å². The molecule has 0 aliphatic rings. The van der Waals surface area contributed by atoms with Crippen LogP contribution in [0.1, 0.15) is 33.0 Å². The summed E-state index contributed by atoms with van der Waals surface area (Å²) in [4.78, 5) is 31.6. The maximum atomic E-state index is 14.9. The van der Waals surface area contributed by atoms with Crippen LogP contribution >= 0.6 is 0 Å². The van der Waals surface area contributed by atoms with Crippen LogP contribution in [0.3, 0.4) is 0 Å². The van der Waals surface area contributed by atoms with E-state index in [0.29, 0.717) is 33.8 Å². The van der Waals surface area contributed by atoms with Gasteiger partial charge >= 0.3 is 0 Å². The van der Waals surface area contributed by atoms with Crippen LogP contribution in [0.2, 0.25) is 0 Å². The number of amides is 1. The van der Waals surface area contributed by atoms with Gasteiger partial charge in [-0.15, -0.1) is 0 Å². The molecule has 0 aliphatic heterocycles. The lowest BCUT2D eigenvalue weighted by Gasteiger charge is -2.22. The molecule has 0 unspecified atom stereocenters. The molecule has 1 aromatic carbocycles. The standard InChI is InChI=1S/C23H18FN7O/c1-14-7-16-8-18(19(24)9-20(16)30-22(14)26)23(32)31(13-21-27-5-2-6-28-21)12-17-4-3-15(10-25)11-29-17/h2-9,11H,12-13H2,1H3,(H2,26,30). The van der Waals surface area contributed by atoms with E-state index < -0.39 is 11.7 Å². The third-order valence-corrected chi connectivity index (χ3v) is 4.91. The van der Waals surface area contributed by atoms with Crippen molar-refractivity contribution in [3.8, 4) is 6.07 Å². The molecule has 0 saturated heterocycles. The normalized spacial score (nSPS) is 10.7. The lowest BCUT2D eigenvalue weighted by Crippen LogP contribution is -2.32. The number of nitrogens with zero attached hydrogens (tertiary/aromatic N) is 6. The number of hydrogen-bond acceptors (Lipinski definition) is 7. The van der Waals surface area contributed by atoms with E-state index >= 15 is 0 Å². The summed E-state index contributed by atoms with van der Waals surface area (Å²) >= 11 is 0. The monoisotopic (exact) mass is 427 g/mol. The van der Waals surface area contributed by atoms with Crippen LogP contribution in [0.25, 0.3) is 10.9 Å². The summed E-state index contributed by atoms with van der Waals surface area (Å²) in [6.07, 6.45) is 4.56. The third-order valence-electron chi connectivity index (χ3n) is 4.91. The lowest BCUT2D eigenvalue weighted by atomic mass is 10.1. The largest absolute Gasteiger partial charge is 0.383 e. The number of aromatic nitrogens is 4. The second-order valence-corrected chi connectivity index (χ2v) is 7.19. The number of carbonyl (C=O) groups excluding carboxylic acids is 1. The summed E-state index contributed by atoms with van der Waals surface area (Å²) < 4.78 is 14.9. The quantitative estimate of drug-likeness (QED) is 0.519. The Balaban J connectivity index is 1.72. The van der Waals surface area contributed by atoms with Crippen molar-refractivity contribution in [3.05, 3.63) is 89.0 Å². The molecule has 4 aromatic rings. The fourth-order valence-corrected chi connectivity index (χ4v) is 3.21. The molecule has 3 aromatic heterocycles. The number of nitrogen functional groups attached to an aromatic ring is 1. The predicted molar refractivity (Wildman–Crippen MR) is 115 cm³/mol. The van der Waals surface area contributed by atoms with Gasteiger partial charge in [0.25, 0.3) is 5.91 Å². The summed E-state index contributed by atoms with van der Waals surface area (Å²) in [6, 6.07) is 11.4. The van der Waals surface area contributed by atoms with Gasteiger partial charge in [-0.25, -0.2) is 19.3 Å². The van der Waals surface area contributed by atoms with Gasteiger partial charge in [-0.2, -0.15) is 5.26 Å². The topological polar surface area (TPSA) is 122 Å². The summed E-state index contributed by atoms with van der Waals surface area (Å²) in [5.74, 6) is -0.533. The number of aryl methyl sites for hydroxylation is 1. The van der Waals surface area contributed by atoms with Crippen LogP contribution in [0.5, 0.6) is 0 Å². The van der Waals surface area contributed by atoms with Gasteiger partial charge in [-0.1, -0.05) is 0 Å². The van der Waals surface area contributed by atoms with Crippen molar-refractivity contribution in [3.63, 3.8) is 0 Å². The molecule has 9 heteroatoms. The average Bonchev–Trinajstić information content (AvgIpc) is 2.80. The molecule has 8 nitrogen and oxygen atoms in total. The number of hydrogen-bond donors (Lipinski definition) is 1. The fraction of sp³-hybridized carbons (Fsp3) is 0.130. The predicted octanol–water partition coefficient (Wildman–Crippen LogP) is 3.16. The van der Waals surface area contributed by atoms with E-state index in [-0.39, 0.29) is 18.7 Å². The average molecular weight is 427 g/mol. The van der Waals surface area contributed by atoms with Crippen LogP contribution < -0.4 is 5.73 Å². The number of halogens is 1. The molecule has 158 valence electrons. The Kier molecular flexibility index (Phi) is 5.68. The van der Waals surface area contributed by atoms with Gasteiger partial charge in [0.05, 0.1) is 35.4 Å². The zero-order chi connectivity index (χ0) is 22.7. The smallest absolute Gasteiger partial charge is 0.257 e. The van der Waals surface area contributed by atoms with Crippen molar-refractivity contribution in [2.24, 2.45) is 0 Å². The Morgan fingerprint density at radius 1 is 1.16 bits per heavy atom. The number of anilines is 1. The molecule has 0 radical (unpaired) electrons. The highest BCUT2D eigenvalue weighted by molar-refractivity contribution is 5.98. The zero-order valence-corrected chi connectivity index (χ0v) is 17.2. The first-order valence-corrected chi connectivity index (χ1v) is 9.71. The van der Waals surface area contributed by atoms with Gasteiger partial charge in [-0.05, 0) is 42.8 Å². The van der Waals surface area contributed by atoms with Crippen molar-refractivity contribution in [2.45, 2.75) is 20.0 Å². The van der Waals surface area contributed by atoms with Gasteiger partial charge in [0.15, 0.2) is 0 Å². The van der Waals surface area contributed by atoms with Gasteiger partial charge in [0, 0.05) is 30.0 Å². The number of benzene rings is 1. The maximum absolute atomic E-state index is 14.9. The molecule has 1 amide bonds. The number of nitrogens with two attached hydrogens (primary N) is 1. The van der Waals surface area contributed by atoms with Crippen molar-refractivity contribution in [1.82, 2.24) is 24.8 Å². The minimum atomic E-state index is -0.704. The third kappa shape index (κ3) is 4.34. The van der Waals surface area contributed by atoms with E-state index in [1.54, 1.807) is 43.6 Å². The minimum Gasteiger partial charge on any atom is -0.383 e. The number of nitriles is 1. The Morgan fingerprint density at radius 2 is 1.94 bits per heavy atom. The summed E-state index contributed by atoms with van der Waals surface area (Å²) in [7, 11) is 0. The second kappa shape index (κ2) is 8.73. The fourth-order valence-electron chi connectivity index (χ4n) is 3.21. The summed E-state index contributed by atoms with van der Waals surface area (Å²) in [5, 5.41) is 9.58. The molecule has 0 fully saturated rings.